The third-order valence-corrected chi connectivity index (χ3v) is 10.9. The first-order valence-electron chi connectivity index (χ1n) is 11.8. The normalized spacial score (nSPS) is 27.9. The fourth-order valence-corrected chi connectivity index (χ4v) is 8.72. The Morgan fingerprint density at radius 3 is 1.17 bits per heavy atom. The molecule has 35 heavy (non-hydrogen) atoms. The van der Waals surface area contributed by atoms with E-state index in [9.17, 15) is 34.5 Å². The van der Waals surface area contributed by atoms with Gasteiger partial charge < -0.3 is 41.4 Å². The molecule has 2 heterocycles. The van der Waals surface area contributed by atoms with E-state index in [1.165, 1.54) is 63.4 Å². The number of hydrogen-bond donors (Lipinski definition) is 0. The van der Waals surface area contributed by atoms with Crippen LogP contribution in [0.5, 0.6) is 0 Å². The molecule has 0 amide bonds. The van der Waals surface area contributed by atoms with Crippen LogP contribution in [0.4, 0.5) is 34.5 Å². The van der Waals surface area contributed by atoms with Crippen LogP contribution in [0.25, 0.3) is 0 Å². The number of rotatable bonds is 1. The third kappa shape index (κ3) is 34.5. The van der Waals surface area contributed by atoms with E-state index >= 15 is 0 Å². The summed E-state index contributed by atoms with van der Waals surface area (Å²) in [6, 6.07) is 0. The van der Waals surface area contributed by atoms with Gasteiger partial charge in [-0.1, -0.05) is 45.1 Å². The van der Waals surface area contributed by atoms with Crippen LogP contribution in [0.2, 0.25) is 0 Å². The molecule has 3 aliphatic rings. The minimum absolute atomic E-state index is 0. The van der Waals surface area contributed by atoms with Crippen LogP contribution in [-0.4, -0.2) is 51.0 Å². The Hall–Kier alpha value is 0.533. The first-order chi connectivity index (χ1) is 15.5. The Bertz CT molecular complexity index is 481. The van der Waals surface area contributed by atoms with Crippen molar-refractivity contribution in [3.8, 4) is 0 Å². The van der Waals surface area contributed by atoms with E-state index in [1.807, 2.05) is 0 Å². The monoisotopic (exact) mass is 644 g/mol. The van der Waals surface area contributed by atoms with Crippen molar-refractivity contribution in [3.63, 3.8) is 0 Å². The van der Waals surface area contributed by atoms with Crippen LogP contribution < -0.4 is 0 Å². The maximum atomic E-state index is 9.75. The summed E-state index contributed by atoms with van der Waals surface area (Å²) >= 11 is 0. The molecule has 2 aliphatic heterocycles. The fourth-order valence-electron chi connectivity index (χ4n) is 3.70. The zero-order chi connectivity index (χ0) is 26.8. The smallest absolute Gasteiger partial charge is 0.418 e. The Morgan fingerprint density at radius 1 is 0.714 bits per heavy atom. The van der Waals surface area contributed by atoms with Crippen molar-refractivity contribution >= 4 is 30.4 Å². The summed E-state index contributed by atoms with van der Waals surface area (Å²) in [4.78, 5) is 0. The maximum Gasteiger partial charge on any atom is 3.00 e. The summed E-state index contributed by atoms with van der Waals surface area (Å²) in [6.07, 6.45) is 22.7. The second kappa shape index (κ2) is 22.5. The van der Waals surface area contributed by atoms with Gasteiger partial charge in [-0.2, -0.15) is 6.16 Å². The Kier molecular flexibility index (Phi) is 25.8. The molecule has 0 aromatic rings. The molecule has 0 unspecified atom stereocenters. The summed E-state index contributed by atoms with van der Waals surface area (Å²) in [5.41, 5.74) is 2.01. The average molecular weight is 644 g/mol. The van der Waals surface area contributed by atoms with Crippen molar-refractivity contribution < 1.29 is 54.0 Å². The third-order valence-electron chi connectivity index (χ3n) is 5.35. The molecule has 1 aliphatic carbocycles. The van der Waals surface area contributed by atoms with Crippen LogP contribution in [0, 0.1) is 12.8 Å². The van der Waals surface area contributed by atoms with Gasteiger partial charge in [0.1, 0.15) is 0 Å². The molecule has 0 aromatic carbocycles. The molecule has 0 radical (unpaired) electrons. The van der Waals surface area contributed by atoms with Crippen LogP contribution in [0.15, 0.2) is 24.3 Å². The standard InChI is InChI=1S/C8H16P.C8H12.C6H13P.2BF4.Rh/c1-4-9-7(2)5-6-8(9)3;1-2-4-6-8-7-5-3-1;1-6-3-4-7(2)5-6;2*2-1(3,4)5;/h7-8H,1,4-6H2,2-3H3;1-2,7-8H,3-6H2;6H,3-5H2,1-2H3;;;/q-1;;;2*-1;+3/b;2-1-,8-7-;;;;/t7-,8-;;6-,7-;;;/m0.0.../s1. The molecule has 0 nitrogen and oxygen atoms in total. The number of halogens is 8. The maximum absolute atomic E-state index is 9.75. The molecular formula is C22H41B2F8P2Rh. The van der Waals surface area contributed by atoms with Gasteiger partial charge in [0.25, 0.3) is 0 Å². The second-order valence-electron chi connectivity index (χ2n) is 8.76. The summed E-state index contributed by atoms with van der Waals surface area (Å²) in [6.45, 7) is 13.6. The molecule has 0 aromatic heterocycles. The summed E-state index contributed by atoms with van der Waals surface area (Å²) in [7, 11) is -11.2. The molecule has 3 rings (SSSR count). The zero-order valence-corrected chi connectivity index (χ0v) is 24.7. The van der Waals surface area contributed by atoms with E-state index in [4.69, 9.17) is 0 Å². The SMILES string of the molecule is C1=C\CC/C=C\CC/1.C[C@H]1CC[P@](C)C1.F[B-](F)(F)F.F[B-](F)(F)F.[CH2-]CP1[C@@H](C)CC[C@@H]1C.[Rh+3]. The van der Waals surface area contributed by atoms with Gasteiger partial charge in [-0.25, -0.2) is 0 Å². The number of allylic oxidation sites excluding steroid dienone is 4. The van der Waals surface area contributed by atoms with Crippen molar-refractivity contribution in [2.45, 2.75) is 77.0 Å². The van der Waals surface area contributed by atoms with Gasteiger partial charge in [0.05, 0.1) is 0 Å². The molecule has 0 saturated carbocycles. The molecular weight excluding hydrogens is 603 g/mol. The van der Waals surface area contributed by atoms with Gasteiger partial charge in [0.2, 0.25) is 0 Å². The second-order valence-corrected chi connectivity index (χ2v) is 14.5. The van der Waals surface area contributed by atoms with Crippen LogP contribution in [-0.2, 0) is 19.5 Å². The van der Waals surface area contributed by atoms with Gasteiger partial charge in [0.15, 0.2) is 0 Å². The molecule has 0 spiro atoms. The fraction of sp³-hybridized carbons (Fsp3) is 0.773. The van der Waals surface area contributed by atoms with Crippen LogP contribution >= 0.6 is 15.8 Å². The predicted molar refractivity (Wildman–Crippen MR) is 139 cm³/mol. The van der Waals surface area contributed by atoms with Crippen molar-refractivity contribution in [1.82, 2.24) is 0 Å². The Balaban J connectivity index is -0.000000371. The van der Waals surface area contributed by atoms with E-state index in [2.05, 4.69) is 58.7 Å². The van der Waals surface area contributed by atoms with E-state index in [0.29, 0.717) is 15.8 Å². The summed E-state index contributed by atoms with van der Waals surface area (Å²) in [5.74, 6) is 1.05. The quantitative estimate of drug-likeness (QED) is 0.0877. The van der Waals surface area contributed by atoms with Crippen molar-refractivity contribution in [3.05, 3.63) is 31.2 Å². The molecule has 0 bridgehead atoms. The van der Waals surface area contributed by atoms with E-state index in [0.717, 1.165) is 17.2 Å². The largest absolute Gasteiger partial charge is 3.00 e. The minimum Gasteiger partial charge on any atom is -0.418 e. The topological polar surface area (TPSA) is 0 Å². The first-order valence-corrected chi connectivity index (χ1v) is 15.6. The van der Waals surface area contributed by atoms with Crippen molar-refractivity contribution in [1.29, 1.82) is 0 Å². The molecule has 2 fully saturated rings. The molecule has 4 atom stereocenters. The summed E-state index contributed by atoms with van der Waals surface area (Å²) in [5, 5.41) is 0. The predicted octanol–water partition coefficient (Wildman–Crippen LogP) is 10.3. The Labute approximate surface area is 223 Å². The Morgan fingerprint density at radius 2 is 1.03 bits per heavy atom. The first kappa shape index (κ1) is 40.0. The van der Waals surface area contributed by atoms with Crippen LogP contribution in [0.3, 0.4) is 0 Å². The van der Waals surface area contributed by atoms with Crippen molar-refractivity contribution in [2.24, 2.45) is 5.92 Å². The van der Waals surface area contributed by atoms with Gasteiger partial charge in [0, 0.05) is 0 Å². The molecule has 0 N–H and O–H groups in total. The van der Waals surface area contributed by atoms with E-state index in [-0.39, 0.29) is 19.5 Å². The van der Waals surface area contributed by atoms with E-state index < -0.39 is 14.5 Å². The van der Waals surface area contributed by atoms with Gasteiger partial charge in [-0.05, 0) is 81.2 Å². The molecule has 2 saturated heterocycles. The zero-order valence-electron chi connectivity index (χ0n) is 21.2. The van der Waals surface area contributed by atoms with Crippen molar-refractivity contribution in [2.75, 3.05) is 25.2 Å². The van der Waals surface area contributed by atoms with Gasteiger partial charge in [-0.3, -0.25) is 0 Å². The van der Waals surface area contributed by atoms with E-state index in [1.54, 1.807) is 0 Å². The molecule has 210 valence electrons. The van der Waals surface area contributed by atoms with Gasteiger partial charge in [-0.15, -0.1) is 15.8 Å². The minimum atomic E-state index is -6.00. The molecule has 13 heteroatoms. The van der Waals surface area contributed by atoms with Crippen LogP contribution in [0.1, 0.15) is 65.7 Å². The average Bonchev–Trinajstić information content (AvgIpc) is 3.16. The van der Waals surface area contributed by atoms with Gasteiger partial charge >= 0.3 is 34.0 Å². The number of hydrogen-bond acceptors (Lipinski definition) is 0. The summed E-state index contributed by atoms with van der Waals surface area (Å²) < 4.78 is 78.0.